The van der Waals surface area contributed by atoms with E-state index in [1.807, 2.05) is 23.1 Å². The third-order valence-electron chi connectivity index (χ3n) is 5.74. The van der Waals surface area contributed by atoms with E-state index in [9.17, 15) is 13.6 Å². The lowest BCUT2D eigenvalue weighted by Crippen LogP contribution is -2.40. The molecule has 2 aromatic rings. The fourth-order valence-corrected chi connectivity index (χ4v) is 4.39. The molecule has 3 heterocycles. The first-order valence-electron chi connectivity index (χ1n) is 9.63. The van der Waals surface area contributed by atoms with Crippen LogP contribution in [0.25, 0.3) is 6.08 Å². The summed E-state index contributed by atoms with van der Waals surface area (Å²) in [5, 5.41) is 3.77. The molecule has 2 atom stereocenters. The highest BCUT2D eigenvalue weighted by atomic mass is 19.3. The fraction of sp³-hybridized carbons (Fsp3) is 0.429. The van der Waals surface area contributed by atoms with E-state index in [1.54, 1.807) is 7.05 Å². The largest absolute Gasteiger partial charge is 0.333 e. The second kappa shape index (κ2) is 7.83. The first kappa shape index (κ1) is 18.8. The minimum atomic E-state index is -2.67. The molecule has 2 aliphatic rings. The van der Waals surface area contributed by atoms with Crippen LogP contribution in [0.2, 0.25) is 0 Å². The average Bonchev–Trinajstić information content (AvgIpc) is 3.38. The fourth-order valence-electron chi connectivity index (χ4n) is 4.39. The first-order valence-corrected chi connectivity index (χ1v) is 9.63. The van der Waals surface area contributed by atoms with Gasteiger partial charge >= 0.3 is 0 Å². The summed E-state index contributed by atoms with van der Waals surface area (Å²) >= 11 is 0. The zero-order valence-electron chi connectivity index (χ0n) is 15.8. The van der Waals surface area contributed by atoms with Gasteiger partial charge in [-0.3, -0.25) is 14.4 Å². The second-order valence-corrected chi connectivity index (χ2v) is 7.40. The maximum atomic E-state index is 12.9. The Hall–Kier alpha value is -2.54. The van der Waals surface area contributed by atoms with Gasteiger partial charge in [-0.25, -0.2) is 8.78 Å². The number of hydrogen-bond acceptors (Lipinski definition) is 3. The van der Waals surface area contributed by atoms with E-state index in [0.717, 1.165) is 25.9 Å². The van der Waals surface area contributed by atoms with Crippen LogP contribution in [0, 0.1) is 0 Å². The molecule has 1 aromatic carbocycles. The van der Waals surface area contributed by atoms with E-state index in [1.165, 1.54) is 16.3 Å². The molecule has 148 valence electrons. The molecule has 4 rings (SSSR count). The predicted molar refractivity (Wildman–Crippen MR) is 103 cm³/mol. The molecule has 2 saturated heterocycles. The molecule has 0 spiro atoms. The molecule has 7 heteroatoms. The molecule has 0 saturated carbocycles. The zero-order chi connectivity index (χ0) is 19.7. The van der Waals surface area contributed by atoms with Gasteiger partial charge in [-0.1, -0.05) is 42.5 Å². The van der Waals surface area contributed by atoms with Gasteiger partial charge in [0.25, 0.3) is 12.3 Å². The van der Waals surface area contributed by atoms with Gasteiger partial charge in [0.15, 0.2) is 0 Å². The number of fused-ring (bicyclic) bond motifs is 1. The Morgan fingerprint density at radius 3 is 2.68 bits per heavy atom. The van der Waals surface area contributed by atoms with Gasteiger partial charge in [0.1, 0.15) is 11.4 Å². The molecule has 0 N–H and O–H groups in total. The van der Waals surface area contributed by atoms with Gasteiger partial charge < -0.3 is 4.90 Å². The number of hydrogen-bond donors (Lipinski definition) is 0. The summed E-state index contributed by atoms with van der Waals surface area (Å²) in [6.07, 6.45) is 3.44. The number of carbonyl (C=O) groups is 1. The summed E-state index contributed by atoms with van der Waals surface area (Å²) in [5.41, 5.74) is 1.06. The normalized spacial score (nSPS) is 22.5. The maximum Gasteiger partial charge on any atom is 0.282 e. The van der Waals surface area contributed by atoms with Crippen molar-refractivity contribution in [2.75, 3.05) is 19.6 Å². The third kappa shape index (κ3) is 3.58. The molecule has 0 radical (unpaired) electrons. The summed E-state index contributed by atoms with van der Waals surface area (Å²) < 4.78 is 27.1. The summed E-state index contributed by atoms with van der Waals surface area (Å²) in [4.78, 5) is 17.2. The number of halogens is 2. The van der Waals surface area contributed by atoms with Crippen LogP contribution in [-0.4, -0.2) is 57.2 Å². The Morgan fingerprint density at radius 1 is 1.21 bits per heavy atom. The van der Waals surface area contributed by atoms with Gasteiger partial charge in [0, 0.05) is 38.8 Å². The van der Waals surface area contributed by atoms with E-state index in [2.05, 4.69) is 34.3 Å². The Kier molecular flexibility index (Phi) is 5.26. The highest BCUT2D eigenvalue weighted by molar-refractivity contribution is 5.93. The highest BCUT2D eigenvalue weighted by Gasteiger charge is 2.44. The summed E-state index contributed by atoms with van der Waals surface area (Å²) in [5.74, 6) is -0.198. The van der Waals surface area contributed by atoms with Crippen molar-refractivity contribution < 1.29 is 13.6 Å². The van der Waals surface area contributed by atoms with Crippen molar-refractivity contribution in [1.29, 1.82) is 0 Å². The molecule has 28 heavy (non-hydrogen) atoms. The lowest BCUT2D eigenvalue weighted by atomic mass is 10.1. The maximum absolute atomic E-state index is 12.9. The molecule has 1 amide bonds. The molecule has 2 fully saturated rings. The highest BCUT2D eigenvalue weighted by Crippen LogP contribution is 2.33. The van der Waals surface area contributed by atoms with Crippen LogP contribution in [0.5, 0.6) is 0 Å². The van der Waals surface area contributed by atoms with Gasteiger partial charge in [-0.15, -0.1) is 0 Å². The van der Waals surface area contributed by atoms with Crippen molar-refractivity contribution in [1.82, 2.24) is 19.6 Å². The van der Waals surface area contributed by atoms with Crippen LogP contribution in [-0.2, 0) is 7.05 Å². The number of aromatic nitrogens is 2. The van der Waals surface area contributed by atoms with Crippen LogP contribution in [0.15, 0.2) is 42.5 Å². The predicted octanol–water partition coefficient (Wildman–Crippen LogP) is 3.36. The van der Waals surface area contributed by atoms with Crippen molar-refractivity contribution in [2.45, 2.75) is 31.4 Å². The van der Waals surface area contributed by atoms with Crippen molar-refractivity contribution >= 4 is 12.0 Å². The van der Waals surface area contributed by atoms with E-state index in [0.29, 0.717) is 12.6 Å². The van der Waals surface area contributed by atoms with Gasteiger partial charge in [0.05, 0.1) is 0 Å². The standard InChI is InChI=1S/C21H24F2N4O/c1-25-19(14-16(24-25)20(22)23)21(28)27-13-10-17-18(27)9-12-26(17)11-5-8-15-6-3-2-4-7-15/h2-8,14,17-18,20H,9-13H2,1H3/b8-5+/t17-,18-/m0/s1. The average molecular weight is 386 g/mol. The molecule has 0 bridgehead atoms. The second-order valence-electron chi connectivity index (χ2n) is 7.40. The van der Waals surface area contributed by atoms with Crippen LogP contribution in [0.1, 0.15) is 41.0 Å². The third-order valence-corrected chi connectivity index (χ3v) is 5.74. The molecule has 1 aromatic heterocycles. The van der Waals surface area contributed by atoms with Gasteiger partial charge in [-0.2, -0.15) is 5.10 Å². The molecule has 0 aliphatic carbocycles. The molecule has 5 nitrogen and oxygen atoms in total. The summed E-state index contributed by atoms with van der Waals surface area (Å²) in [7, 11) is 1.54. The lowest BCUT2D eigenvalue weighted by molar-refractivity contribution is 0.0722. The number of carbonyl (C=O) groups excluding carboxylic acids is 1. The van der Waals surface area contributed by atoms with Crippen molar-refractivity contribution in [3.05, 3.63) is 59.4 Å². The Balaban J connectivity index is 1.41. The quantitative estimate of drug-likeness (QED) is 0.791. The van der Waals surface area contributed by atoms with Crippen LogP contribution in [0.3, 0.4) is 0 Å². The van der Waals surface area contributed by atoms with Crippen LogP contribution < -0.4 is 0 Å². The Bertz CT molecular complexity index is 865. The van der Waals surface area contributed by atoms with Crippen molar-refractivity contribution in [3.63, 3.8) is 0 Å². The lowest BCUT2D eigenvalue weighted by Gasteiger charge is -2.25. The Morgan fingerprint density at radius 2 is 1.96 bits per heavy atom. The van der Waals surface area contributed by atoms with E-state index < -0.39 is 6.43 Å². The molecule has 2 aliphatic heterocycles. The SMILES string of the molecule is Cn1nc(C(F)F)cc1C(=O)N1CC[C@H]2[C@@H]1CCN2C/C=C/c1ccccc1. The minimum Gasteiger partial charge on any atom is -0.333 e. The van der Waals surface area contributed by atoms with Crippen LogP contribution >= 0.6 is 0 Å². The summed E-state index contributed by atoms with van der Waals surface area (Å²) in [6.45, 7) is 2.44. The topological polar surface area (TPSA) is 41.4 Å². The van der Waals surface area contributed by atoms with E-state index in [-0.39, 0.29) is 23.3 Å². The monoisotopic (exact) mass is 386 g/mol. The van der Waals surface area contributed by atoms with Crippen molar-refractivity contribution in [2.24, 2.45) is 7.05 Å². The van der Waals surface area contributed by atoms with Gasteiger partial charge in [-0.05, 0) is 24.5 Å². The van der Waals surface area contributed by atoms with E-state index in [4.69, 9.17) is 0 Å². The van der Waals surface area contributed by atoms with Gasteiger partial charge in [0.2, 0.25) is 0 Å². The first-order chi connectivity index (χ1) is 13.5. The molecular weight excluding hydrogens is 362 g/mol. The number of nitrogens with zero attached hydrogens (tertiary/aromatic N) is 4. The Labute approximate surface area is 163 Å². The molecular formula is C21H24F2N4O. The van der Waals surface area contributed by atoms with Crippen LogP contribution in [0.4, 0.5) is 8.78 Å². The number of amides is 1. The smallest absolute Gasteiger partial charge is 0.282 e. The zero-order valence-corrected chi connectivity index (χ0v) is 15.8. The number of rotatable bonds is 5. The number of likely N-dealkylation sites (tertiary alicyclic amines) is 2. The van der Waals surface area contributed by atoms with E-state index >= 15 is 0 Å². The minimum absolute atomic E-state index is 0.141. The summed E-state index contributed by atoms with van der Waals surface area (Å²) in [6, 6.07) is 11.9. The number of aryl methyl sites for hydroxylation is 1. The number of alkyl halides is 2. The van der Waals surface area contributed by atoms with Crippen molar-refractivity contribution in [3.8, 4) is 0 Å². The number of benzene rings is 1. The molecule has 0 unspecified atom stereocenters.